The largest absolute Gasteiger partial charge is 0.417 e. The van der Waals surface area contributed by atoms with E-state index in [1.165, 1.54) is 32.4 Å². The third-order valence-electron chi connectivity index (χ3n) is 2.46. The first-order valence-electron chi connectivity index (χ1n) is 6.61. The smallest absolute Gasteiger partial charge is 0.341 e. The second-order valence-corrected chi connectivity index (χ2v) is 4.66. The van der Waals surface area contributed by atoms with Gasteiger partial charge in [-0.2, -0.15) is 13.2 Å². The Morgan fingerprint density at radius 1 is 1.24 bits per heavy atom. The zero-order valence-electron chi connectivity index (χ0n) is 12.3. The molecule has 0 heterocycles. The van der Waals surface area contributed by atoms with Gasteiger partial charge in [-0.05, 0) is 18.2 Å². The molecule has 0 aromatic heterocycles. The van der Waals surface area contributed by atoms with E-state index in [0.717, 1.165) is 12.1 Å². The van der Waals surface area contributed by atoms with Gasteiger partial charge in [0.15, 0.2) is 0 Å². The molecule has 0 atom stereocenters. The molecule has 7 heteroatoms. The Kier molecular flexibility index (Phi) is 8.85. The number of hydrogen-bond acceptors (Lipinski definition) is 1. The number of unbranched alkanes of at least 4 members (excludes halogenated alkanes) is 2. The Balaban J connectivity index is 0.000000690. The molecular weight excluding hydrogens is 305 g/mol. The maximum absolute atomic E-state index is 12.4. The van der Waals surface area contributed by atoms with Crippen LogP contribution in [0.1, 0.15) is 38.7 Å². The predicted octanol–water partition coefficient (Wildman–Crippen LogP) is 5.31. The fourth-order valence-corrected chi connectivity index (χ4v) is 1.59. The van der Waals surface area contributed by atoms with Crippen molar-refractivity contribution in [2.75, 3.05) is 12.4 Å². The van der Waals surface area contributed by atoms with Gasteiger partial charge in [-0.1, -0.05) is 44.7 Å². The van der Waals surface area contributed by atoms with Crippen LogP contribution < -0.4 is 10.6 Å². The number of benzene rings is 1. The number of urea groups is 1. The first-order chi connectivity index (χ1) is 9.76. The molecule has 0 bridgehead atoms. The van der Waals surface area contributed by atoms with Gasteiger partial charge >= 0.3 is 12.2 Å². The van der Waals surface area contributed by atoms with Crippen molar-refractivity contribution in [3.63, 3.8) is 0 Å². The molecule has 2 N–H and O–H groups in total. The summed E-state index contributed by atoms with van der Waals surface area (Å²) in [5.74, 6) is 0. The molecule has 0 aliphatic rings. The van der Waals surface area contributed by atoms with E-state index in [1.807, 2.05) is 0 Å². The molecular formula is C14H20ClF3N2O. The molecule has 1 rings (SSSR count). The predicted molar refractivity (Wildman–Crippen MR) is 79.7 cm³/mol. The minimum atomic E-state index is -4.54. The average Bonchev–Trinajstić information content (AvgIpc) is 2.41. The van der Waals surface area contributed by atoms with Gasteiger partial charge in [0.2, 0.25) is 0 Å². The third-order valence-corrected chi connectivity index (χ3v) is 2.79. The number of halogens is 4. The van der Waals surface area contributed by atoms with Crippen molar-refractivity contribution in [2.45, 2.75) is 39.3 Å². The minimum Gasteiger partial charge on any atom is -0.341 e. The van der Waals surface area contributed by atoms with Gasteiger partial charge in [0.1, 0.15) is 0 Å². The van der Waals surface area contributed by atoms with Crippen LogP contribution in [0, 0.1) is 0 Å². The summed E-state index contributed by atoms with van der Waals surface area (Å²) in [5, 5.41) is 4.04. The summed E-state index contributed by atoms with van der Waals surface area (Å²) < 4.78 is 37.3. The molecule has 0 radical (unpaired) electrons. The van der Waals surface area contributed by atoms with Crippen LogP contribution >= 0.6 is 11.6 Å². The lowest BCUT2D eigenvalue weighted by Gasteiger charge is -2.11. The highest BCUT2D eigenvalue weighted by atomic mass is 35.5. The molecule has 120 valence electrons. The first kappa shape index (κ1) is 19.6. The number of hydrogen-bond donors (Lipinski definition) is 2. The lowest BCUT2D eigenvalue weighted by molar-refractivity contribution is -0.137. The SMILES string of the molecule is CCCCC.CNC(=O)Nc1ccc(Cl)c(C(F)(F)F)c1. The van der Waals surface area contributed by atoms with E-state index in [4.69, 9.17) is 11.6 Å². The summed E-state index contributed by atoms with van der Waals surface area (Å²) in [6, 6.07) is 2.54. The van der Waals surface area contributed by atoms with Crippen molar-refractivity contribution in [1.82, 2.24) is 5.32 Å². The molecule has 21 heavy (non-hydrogen) atoms. The van der Waals surface area contributed by atoms with E-state index < -0.39 is 22.8 Å². The van der Waals surface area contributed by atoms with Gasteiger partial charge in [-0.15, -0.1) is 0 Å². The fraction of sp³-hybridized carbons (Fsp3) is 0.500. The lowest BCUT2D eigenvalue weighted by atomic mass is 10.2. The highest BCUT2D eigenvalue weighted by Gasteiger charge is 2.33. The number of amides is 2. The Hall–Kier alpha value is -1.43. The summed E-state index contributed by atoms with van der Waals surface area (Å²) in [6.45, 7) is 4.42. The number of carbonyl (C=O) groups excluding carboxylic acids is 1. The molecule has 2 amide bonds. The van der Waals surface area contributed by atoms with Gasteiger partial charge in [0, 0.05) is 12.7 Å². The Labute approximate surface area is 127 Å². The van der Waals surface area contributed by atoms with Gasteiger partial charge < -0.3 is 10.6 Å². The van der Waals surface area contributed by atoms with Crippen molar-refractivity contribution in [2.24, 2.45) is 0 Å². The summed E-state index contributed by atoms with van der Waals surface area (Å²) in [4.78, 5) is 10.9. The Morgan fingerprint density at radius 2 is 1.81 bits per heavy atom. The van der Waals surface area contributed by atoms with E-state index in [-0.39, 0.29) is 5.69 Å². The molecule has 0 aliphatic heterocycles. The first-order valence-corrected chi connectivity index (χ1v) is 6.99. The lowest BCUT2D eigenvalue weighted by Crippen LogP contribution is -2.24. The van der Waals surface area contributed by atoms with Crippen molar-refractivity contribution >= 4 is 23.3 Å². The van der Waals surface area contributed by atoms with E-state index in [0.29, 0.717) is 0 Å². The maximum Gasteiger partial charge on any atom is 0.417 e. The zero-order valence-corrected chi connectivity index (χ0v) is 13.0. The van der Waals surface area contributed by atoms with Crippen LogP contribution in [0.25, 0.3) is 0 Å². The minimum absolute atomic E-state index is 0.0241. The number of anilines is 1. The van der Waals surface area contributed by atoms with Gasteiger partial charge in [-0.25, -0.2) is 4.79 Å². The highest BCUT2D eigenvalue weighted by molar-refractivity contribution is 6.31. The van der Waals surface area contributed by atoms with Gasteiger partial charge in [-0.3, -0.25) is 0 Å². The van der Waals surface area contributed by atoms with Crippen molar-refractivity contribution in [3.8, 4) is 0 Å². The van der Waals surface area contributed by atoms with E-state index >= 15 is 0 Å². The van der Waals surface area contributed by atoms with E-state index in [2.05, 4.69) is 24.5 Å². The van der Waals surface area contributed by atoms with Crippen LogP contribution in [0.2, 0.25) is 5.02 Å². The van der Waals surface area contributed by atoms with Crippen LogP contribution in [0.5, 0.6) is 0 Å². The number of carbonyl (C=O) groups is 1. The Bertz CT molecular complexity index is 448. The van der Waals surface area contributed by atoms with Crippen LogP contribution in [-0.2, 0) is 6.18 Å². The molecule has 1 aromatic rings. The molecule has 0 unspecified atom stereocenters. The summed E-state index contributed by atoms with van der Waals surface area (Å²) in [5.41, 5.74) is -0.959. The van der Waals surface area contributed by atoms with Crippen molar-refractivity contribution in [3.05, 3.63) is 28.8 Å². The second kappa shape index (κ2) is 9.50. The zero-order chi connectivity index (χ0) is 16.5. The third kappa shape index (κ3) is 7.80. The molecule has 1 aromatic carbocycles. The quantitative estimate of drug-likeness (QED) is 0.777. The van der Waals surface area contributed by atoms with Crippen LogP contribution in [0.15, 0.2) is 18.2 Å². The normalized spacial score (nSPS) is 10.4. The van der Waals surface area contributed by atoms with Gasteiger partial charge in [0.25, 0.3) is 0 Å². The van der Waals surface area contributed by atoms with E-state index in [1.54, 1.807) is 0 Å². The van der Waals surface area contributed by atoms with Crippen molar-refractivity contribution < 1.29 is 18.0 Å². The van der Waals surface area contributed by atoms with Crippen LogP contribution in [-0.4, -0.2) is 13.1 Å². The number of rotatable bonds is 3. The molecule has 0 spiro atoms. The number of alkyl halides is 3. The average molecular weight is 325 g/mol. The van der Waals surface area contributed by atoms with E-state index in [9.17, 15) is 18.0 Å². The summed E-state index contributed by atoms with van der Waals surface area (Å²) in [6.07, 6.45) is -0.468. The van der Waals surface area contributed by atoms with Crippen molar-refractivity contribution in [1.29, 1.82) is 0 Å². The Morgan fingerprint density at radius 3 is 2.19 bits per heavy atom. The van der Waals surface area contributed by atoms with Crippen LogP contribution in [0.3, 0.4) is 0 Å². The summed E-state index contributed by atoms with van der Waals surface area (Å²) in [7, 11) is 1.36. The van der Waals surface area contributed by atoms with Gasteiger partial charge in [0.05, 0.1) is 10.6 Å². The summed E-state index contributed by atoms with van der Waals surface area (Å²) >= 11 is 5.40. The standard InChI is InChI=1S/C9H8ClF3N2O.C5H12/c1-14-8(16)15-5-2-3-7(10)6(4-5)9(11,12)13;1-3-5-4-2/h2-4H,1H3,(H2,14,15,16);3-5H2,1-2H3. The fourth-order valence-electron chi connectivity index (χ4n) is 1.37. The molecule has 0 saturated heterocycles. The van der Waals surface area contributed by atoms with Crippen LogP contribution in [0.4, 0.5) is 23.7 Å². The molecule has 0 saturated carbocycles. The second-order valence-electron chi connectivity index (χ2n) is 4.25. The monoisotopic (exact) mass is 324 g/mol. The molecule has 0 fully saturated rings. The maximum atomic E-state index is 12.4. The highest BCUT2D eigenvalue weighted by Crippen LogP contribution is 2.36. The molecule has 3 nitrogen and oxygen atoms in total. The topological polar surface area (TPSA) is 41.1 Å². The molecule has 0 aliphatic carbocycles. The number of nitrogens with one attached hydrogen (secondary N) is 2.